The Morgan fingerprint density at radius 3 is 1.03 bits per heavy atom. The molecule has 2 heterocycles. The molecule has 123 heavy (non-hydrogen) atoms. The van der Waals surface area contributed by atoms with E-state index in [0.29, 0.717) is 166 Å². The van der Waals surface area contributed by atoms with Crippen molar-refractivity contribution in [2.45, 2.75) is 361 Å². The van der Waals surface area contributed by atoms with Gasteiger partial charge in [-0.15, -0.1) is 0 Å². The Morgan fingerprint density at radius 2 is 0.699 bits per heavy atom. The van der Waals surface area contributed by atoms with Gasteiger partial charge in [-0.05, 0) is 254 Å². The monoisotopic (exact) mass is 1740 g/mol. The highest BCUT2D eigenvalue weighted by Crippen LogP contribution is 2.42. The van der Waals surface area contributed by atoms with Crippen molar-refractivity contribution in [2.75, 3.05) is 86.8 Å². The number of benzene rings is 1. The number of carbonyl (C=O) groups excluding carboxylic acids is 6. The molecule has 25 heteroatoms. The molecular weight excluding hydrogens is 1570 g/mol. The largest absolute Gasteiger partial charge is 0.454 e. The van der Waals surface area contributed by atoms with Gasteiger partial charge in [-0.25, -0.2) is 28.8 Å². The Bertz CT molecular complexity index is 3010. The van der Waals surface area contributed by atoms with Gasteiger partial charge < -0.3 is 93.8 Å². The third kappa shape index (κ3) is 45.2. The minimum Gasteiger partial charge on any atom is -0.454 e. The first kappa shape index (κ1) is 110. The minimum absolute atomic E-state index is 0.0190. The van der Waals surface area contributed by atoms with Crippen molar-refractivity contribution in [3.8, 4) is 11.5 Å². The van der Waals surface area contributed by atoms with E-state index >= 15 is 0 Å². The molecule has 8 aliphatic rings. The van der Waals surface area contributed by atoms with E-state index in [1.54, 1.807) is 14.2 Å². The Kier molecular flexibility index (Phi) is 54.9. The molecule has 6 saturated carbocycles. The van der Waals surface area contributed by atoms with E-state index in [1.165, 1.54) is 57.8 Å². The molecule has 1 saturated heterocycles. The Balaban J connectivity index is 0.000000311. The van der Waals surface area contributed by atoms with Crippen molar-refractivity contribution in [3.05, 3.63) is 23.8 Å². The maximum absolute atomic E-state index is 12.2. The van der Waals surface area contributed by atoms with E-state index in [2.05, 4.69) is 157 Å². The number of rotatable bonds is 34. The number of amides is 6. The van der Waals surface area contributed by atoms with E-state index in [0.717, 1.165) is 133 Å². The lowest BCUT2D eigenvalue weighted by molar-refractivity contribution is 0.00399. The van der Waals surface area contributed by atoms with E-state index in [4.69, 9.17) is 61.9 Å². The lowest BCUT2D eigenvalue weighted by atomic mass is 9.75. The number of fused-ring (bicyclic) bond motifs is 1. The first-order chi connectivity index (χ1) is 58.6. The van der Waals surface area contributed by atoms with Gasteiger partial charge in [-0.1, -0.05) is 182 Å². The summed E-state index contributed by atoms with van der Waals surface area (Å²) in [6, 6.07) is 5.68. The van der Waals surface area contributed by atoms with Crippen molar-refractivity contribution >= 4 is 36.6 Å². The molecule has 1 aromatic rings. The van der Waals surface area contributed by atoms with Crippen LogP contribution in [0.4, 0.5) is 28.8 Å². The van der Waals surface area contributed by atoms with E-state index in [-0.39, 0.29) is 98.8 Å². The third-order valence-corrected chi connectivity index (χ3v) is 26.5. The standard InChI is InChI=1S/C19H27NO4.2C17H33NO3.C16H29NO3.C15H29NO3.C14H27NO3/c1-12(2)15-6-4-13(3)8-17(15)24-19(21)20-10-14-5-7-16-18(9-14)23-11-22-16;1-12(2)15-8-7-14(5)11-16(15)21-17(19)18-9-6-10-20-13(3)4;1-13(2)15-9-8-14(3)12-16(15)21-17(20)18-10-6-4-5-7-11-19;1-11(2)14-7-6-12(3)9-15(14)20-16(18)17-10-13-5-4-8-19-13;1-11(2)13-7-6-12(3)10-14(13)19-15(17)16-8-5-9-18-4;1-10(2)12-6-5-11(3)9-13(12)18-14(16)15-7-8-17-4/h5,7,9,12-13,15,17H,4,6,8,10-11H2,1-3H3,(H,20,21);12-16H,6-11H2,1-5H3,(H,18,19);13-16,19H,4-12H2,1-3H3,(H,18,20);11-15H,4-10H2,1-3H3,(H,17,18);11-14H,5-10H2,1-4H3,(H,16,17);10-13H,5-9H2,1-4H3,(H,15,16). The van der Waals surface area contributed by atoms with Gasteiger partial charge in [-0.2, -0.15) is 0 Å². The maximum atomic E-state index is 12.2. The molecule has 0 radical (unpaired) electrons. The molecule has 6 aliphatic carbocycles. The Labute approximate surface area is 744 Å². The first-order valence-corrected chi connectivity index (χ1v) is 48.5. The van der Waals surface area contributed by atoms with Crippen LogP contribution in [0.1, 0.15) is 311 Å². The highest BCUT2D eigenvalue weighted by molar-refractivity contribution is 5.69. The van der Waals surface area contributed by atoms with Crippen LogP contribution in [0, 0.1) is 107 Å². The average molecular weight is 1740 g/mol. The molecule has 19 unspecified atom stereocenters. The zero-order valence-electron chi connectivity index (χ0n) is 80.9. The number of carbonyl (C=O) groups is 6. The van der Waals surface area contributed by atoms with Gasteiger partial charge in [0, 0.05) is 79.9 Å². The molecule has 7 fully saturated rings. The summed E-state index contributed by atoms with van der Waals surface area (Å²) in [5.41, 5.74) is 0.966. The Morgan fingerprint density at radius 1 is 0.374 bits per heavy atom. The van der Waals surface area contributed by atoms with Crippen LogP contribution in [0.15, 0.2) is 18.2 Å². The van der Waals surface area contributed by atoms with E-state index < -0.39 is 0 Å². The quantitative estimate of drug-likeness (QED) is 0.0249. The zero-order valence-corrected chi connectivity index (χ0v) is 80.9. The SMILES string of the molecule is CC1CCC(C(C)C)C(OC(=O)NCC2CCCO2)C1.CC1CCC(C(C)C)C(OC(=O)NCCCCCCO)C1.CC1CCC(C(C)C)C(OC(=O)NCCCOC(C)C)C1.CC1CCC(C(C)C)C(OC(=O)NCc2ccc3c(c2)OCO3)C1.COCCCNC(=O)OC1CC(C)CCC1C(C)C.COCCNC(=O)OC1CC(C)CCC1C(C)C. The molecule has 0 aromatic heterocycles. The average Bonchev–Trinajstić information content (AvgIpc) is 1.26. The highest BCUT2D eigenvalue weighted by atomic mass is 16.7. The summed E-state index contributed by atoms with van der Waals surface area (Å²) in [6.07, 6.45) is 27.0. The number of unbranched alkanes of at least 4 members (excludes halogenated alkanes) is 3. The number of methoxy groups -OCH3 is 2. The van der Waals surface area contributed by atoms with Crippen LogP contribution in [-0.2, 0) is 53.9 Å². The summed E-state index contributed by atoms with van der Waals surface area (Å²) in [7, 11) is 3.28. The van der Waals surface area contributed by atoms with Gasteiger partial charge >= 0.3 is 36.6 Å². The smallest absolute Gasteiger partial charge is 0.407 e. The van der Waals surface area contributed by atoms with Gasteiger partial charge in [0.2, 0.25) is 6.79 Å². The summed E-state index contributed by atoms with van der Waals surface area (Å²) in [6.45, 7) is 50.6. The predicted octanol–water partition coefficient (Wildman–Crippen LogP) is 21.2. The lowest BCUT2D eigenvalue weighted by Gasteiger charge is -2.36. The second-order valence-corrected chi connectivity index (χ2v) is 39.6. The molecular formula is C98H178N6O19. The Hall–Kier alpha value is -5.76. The molecule has 2 aliphatic heterocycles. The van der Waals surface area contributed by atoms with E-state index in [9.17, 15) is 28.8 Å². The summed E-state index contributed by atoms with van der Waals surface area (Å²) in [4.78, 5) is 71.4. The molecule has 25 nitrogen and oxygen atoms in total. The van der Waals surface area contributed by atoms with Gasteiger partial charge in [0.05, 0.1) is 18.8 Å². The van der Waals surface area contributed by atoms with Gasteiger partial charge in [0.1, 0.15) is 36.6 Å². The molecule has 1 aromatic carbocycles. The van der Waals surface area contributed by atoms with Crippen molar-refractivity contribution < 1.29 is 90.7 Å². The number of nitrogens with one attached hydrogen (secondary N) is 6. The number of hydrogen-bond acceptors (Lipinski definition) is 19. The molecule has 19 atom stereocenters. The third-order valence-electron chi connectivity index (χ3n) is 26.5. The zero-order chi connectivity index (χ0) is 90.9. The molecule has 714 valence electrons. The fourth-order valence-corrected chi connectivity index (χ4v) is 18.8. The molecule has 7 N–H and O–H groups in total. The molecule has 6 amide bonds. The van der Waals surface area contributed by atoms with E-state index in [1.807, 2.05) is 32.0 Å². The van der Waals surface area contributed by atoms with Gasteiger partial charge in [0.15, 0.2) is 11.5 Å². The minimum atomic E-state index is -0.336. The number of aliphatic hydroxyl groups excluding tert-OH is 1. The van der Waals surface area contributed by atoms with Crippen LogP contribution in [0.2, 0.25) is 0 Å². The predicted molar refractivity (Wildman–Crippen MR) is 488 cm³/mol. The molecule has 0 spiro atoms. The number of aliphatic hydroxyl groups is 1. The fourth-order valence-electron chi connectivity index (χ4n) is 18.8. The van der Waals surface area contributed by atoms with Crippen molar-refractivity contribution in [1.82, 2.24) is 31.9 Å². The van der Waals surface area contributed by atoms with Gasteiger partial charge in [-0.3, -0.25) is 0 Å². The first-order valence-electron chi connectivity index (χ1n) is 48.5. The van der Waals surface area contributed by atoms with Crippen molar-refractivity contribution in [2.24, 2.45) is 107 Å². The number of alkyl carbamates (subject to hydrolysis) is 6. The number of hydrogen-bond donors (Lipinski definition) is 7. The maximum Gasteiger partial charge on any atom is 0.407 e. The highest BCUT2D eigenvalue weighted by Gasteiger charge is 2.40. The summed E-state index contributed by atoms with van der Waals surface area (Å²) >= 11 is 0. The number of ether oxygens (including phenoxy) is 12. The molecule has 9 rings (SSSR count). The second kappa shape index (κ2) is 61.6. The van der Waals surface area contributed by atoms with Crippen molar-refractivity contribution in [1.29, 1.82) is 0 Å². The summed E-state index contributed by atoms with van der Waals surface area (Å²) in [5.74, 6) is 11.7. The topological polar surface area (TPSA) is 306 Å². The van der Waals surface area contributed by atoms with Crippen molar-refractivity contribution in [3.63, 3.8) is 0 Å². The van der Waals surface area contributed by atoms with Crippen LogP contribution >= 0.6 is 0 Å². The lowest BCUT2D eigenvalue weighted by Crippen LogP contribution is -2.40. The normalized spacial score (nSPS) is 27.8. The van der Waals surface area contributed by atoms with Crippen LogP contribution in [0.25, 0.3) is 0 Å². The fraction of sp³-hybridized carbons (Fsp3) is 0.878. The van der Waals surface area contributed by atoms with Crippen LogP contribution < -0.4 is 41.4 Å². The summed E-state index contributed by atoms with van der Waals surface area (Å²) < 4.78 is 65.4. The summed E-state index contributed by atoms with van der Waals surface area (Å²) in [5, 5.41) is 25.6. The van der Waals surface area contributed by atoms with Crippen LogP contribution in [0.3, 0.4) is 0 Å². The van der Waals surface area contributed by atoms with Gasteiger partial charge in [0.25, 0.3) is 0 Å². The van der Waals surface area contributed by atoms with Crippen LogP contribution in [-0.4, -0.2) is 177 Å². The van der Waals surface area contributed by atoms with Crippen LogP contribution in [0.5, 0.6) is 11.5 Å². The second-order valence-electron chi connectivity index (χ2n) is 39.6. The molecule has 0 bridgehead atoms.